The standard InChI is InChI=1S/C22H23NO/c1-17(20-14-13-19-11-5-6-12-21(19)16-20)22(24)23-15-7-10-18-8-3-2-4-9-18/h2-6,8-9,11-14,16-17H,7,10,15H2,1H3,(H,23,24). The van der Waals surface area contributed by atoms with Crippen LogP contribution in [0.1, 0.15) is 30.4 Å². The number of fused-ring (bicyclic) bond motifs is 1. The number of carbonyl (C=O) groups excluding carboxylic acids is 1. The zero-order valence-corrected chi connectivity index (χ0v) is 14.0. The van der Waals surface area contributed by atoms with E-state index in [2.05, 4.69) is 59.9 Å². The maximum atomic E-state index is 12.4. The molecule has 0 bridgehead atoms. The number of rotatable bonds is 6. The van der Waals surface area contributed by atoms with Crippen LogP contribution < -0.4 is 5.32 Å². The van der Waals surface area contributed by atoms with E-state index in [1.54, 1.807) is 0 Å². The molecule has 1 unspecified atom stereocenters. The highest BCUT2D eigenvalue weighted by Crippen LogP contribution is 2.21. The minimum atomic E-state index is -0.133. The molecule has 1 amide bonds. The van der Waals surface area contributed by atoms with Gasteiger partial charge in [-0.25, -0.2) is 0 Å². The Balaban J connectivity index is 1.53. The molecule has 0 fully saturated rings. The number of aryl methyl sites for hydroxylation is 1. The lowest BCUT2D eigenvalue weighted by Gasteiger charge is -2.13. The Morgan fingerprint density at radius 3 is 2.42 bits per heavy atom. The predicted molar refractivity (Wildman–Crippen MR) is 100 cm³/mol. The second-order valence-corrected chi connectivity index (χ2v) is 6.21. The first kappa shape index (κ1) is 16.3. The fourth-order valence-electron chi connectivity index (χ4n) is 2.93. The zero-order valence-electron chi connectivity index (χ0n) is 14.0. The molecule has 1 N–H and O–H groups in total. The molecule has 0 saturated heterocycles. The summed E-state index contributed by atoms with van der Waals surface area (Å²) >= 11 is 0. The van der Waals surface area contributed by atoms with E-state index >= 15 is 0 Å². The van der Waals surface area contributed by atoms with Crippen LogP contribution in [-0.4, -0.2) is 12.5 Å². The number of hydrogen-bond acceptors (Lipinski definition) is 1. The fourth-order valence-corrected chi connectivity index (χ4v) is 2.93. The summed E-state index contributed by atoms with van der Waals surface area (Å²) < 4.78 is 0. The number of amides is 1. The highest BCUT2D eigenvalue weighted by Gasteiger charge is 2.14. The number of hydrogen-bond donors (Lipinski definition) is 1. The summed E-state index contributed by atoms with van der Waals surface area (Å²) in [5, 5.41) is 5.44. The van der Waals surface area contributed by atoms with Gasteiger partial charge in [-0.2, -0.15) is 0 Å². The van der Waals surface area contributed by atoms with Crippen LogP contribution in [0.5, 0.6) is 0 Å². The van der Waals surface area contributed by atoms with Crippen molar-refractivity contribution in [2.24, 2.45) is 0 Å². The van der Waals surface area contributed by atoms with E-state index in [0.717, 1.165) is 18.4 Å². The van der Waals surface area contributed by atoms with Gasteiger partial charge in [-0.05, 0) is 41.7 Å². The largest absolute Gasteiger partial charge is 0.356 e. The molecule has 0 radical (unpaired) electrons. The normalized spacial score (nSPS) is 12.0. The van der Waals surface area contributed by atoms with Crippen LogP contribution in [0.4, 0.5) is 0 Å². The van der Waals surface area contributed by atoms with Gasteiger partial charge in [-0.1, -0.05) is 72.8 Å². The van der Waals surface area contributed by atoms with E-state index in [1.165, 1.54) is 16.3 Å². The third-order valence-corrected chi connectivity index (χ3v) is 4.45. The Kier molecular flexibility index (Phi) is 5.27. The first-order chi connectivity index (χ1) is 11.7. The Labute approximate surface area is 143 Å². The van der Waals surface area contributed by atoms with Crippen molar-refractivity contribution in [2.45, 2.75) is 25.7 Å². The van der Waals surface area contributed by atoms with Gasteiger partial charge in [0.15, 0.2) is 0 Å². The van der Waals surface area contributed by atoms with Gasteiger partial charge >= 0.3 is 0 Å². The maximum Gasteiger partial charge on any atom is 0.227 e. The molecule has 0 heterocycles. The molecule has 0 spiro atoms. The van der Waals surface area contributed by atoms with Crippen molar-refractivity contribution >= 4 is 16.7 Å². The summed E-state index contributed by atoms with van der Waals surface area (Å²) in [6.07, 6.45) is 1.95. The third-order valence-electron chi connectivity index (χ3n) is 4.45. The van der Waals surface area contributed by atoms with Crippen molar-refractivity contribution < 1.29 is 4.79 Å². The molecule has 3 aromatic carbocycles. The van der Waals surface area contributed by atoms with E-state index in [0.29, 0.717) is 6.54 Å². The van der Waals surface area contributed by atoms with Crippen LogP contribution in [0, 0.1) is 0 Å². The third kappa shape index (κ3) is 4.02. The van der Waals surface area contributed by atoms with Gasteiger partial charge in [0.05, 0.1) is 5.92 Å². The molecule has 0 aliphatic rings. The molecule has 122 valence electrons. The van der Waals surface area contributed by atoms with Crippen molar-refractivity contribution in [2.75, 3.05) is 6.54 Å². The molecule has 3 aromatic rings. The van der Waals surface area contributed by atoms with Gasteiger partial charge in [0.2, 0.25) is 5.91 Å². The zero-order chi connectivity index (χ0) is 16.8. The lowest BCUT2D eigenvalue weighted by Crippen LogP contribution is -2.29. The van der Waals surface area contributed by atoms with Crippen LogP contribution in [0.3, 0.4) is 0 Å². The Morgan fingerprint density at radius 1 is 0.917 bits per heavy atom. The molecule has 0 saturated carbocycles. The van der Waals surface area contributed by atoms with Gasteiger partial charge in [0, 0.05) is 6.54 Å². The number of benzene rings is 3. The van der Waals surface area contributed by atoms with E-state index in [-0.39, 0.29) is 11.8 Å². The van der Waals surface area contributed by atoms with Gasteiger partial charge in [-0.15, -0.1) is 0 Å². The van der Waals surface area contributed by atoms with Gasteiger partial charge in [0.25, 0.3) is 0 Å². The molecule has 0 aliphatic heterocycles. The van der Waals surface area contributed by atoms with Crippen LogP contribution in [0.2, 0.25) is 0 Å². The Bertz CT molecular complexity index is 810. The van der Waals surface area contributed by atoms with E-state index < -0.39 is 0 Å². The quantitative estimate of drug-likeness (QED) is 0.656. The molecule has 2 nitrogen and oxygen atoms in total. The fraction of sp³-hybridized carbons (Fsp3) is 0.227. The van der Waals surface area contributed by atoms with Crippen molar-refractivity contribution in [1.82, 2.24) is 5.32 Å². The summed E-state index contributed by atoms with van der Waals surface area (Å²) in [7, 11) is 0. The first-order valence-corrected chi connectivity index (χ1v) is 8.54. The predicted octanol–water partition coefficient (Wildman–Crippen LogP) is 4.69. The summed E-state index contributed by atoms with van der Waals surface area (Å²) in [4.78, 5) is 12.4. The van der Waals surface area contributed by atoms with Gasteiger partial charge < -0.3 is 5.32 Å². The van der Waals surface area contributed by atoms with Crippen molar-refractivity contribution in [3.63, 3.8) is 0 Å². The second kappa shape index (κ2) is 7.78. The van der Waals surface area contributed by atoms with Crippen LogP contribution in [-0.2, 0) is 11.2 Å². The van der Waals surface area contributed by atoms with Crippen LogP contribution >= 0.6 is 0 Å². The summed E-state index contributed by atoms with van der Waals surface area (Å²) in [5.41, 5.74) is 2.38. The topological polar surface area (TPSA) is 29.1 Å². The van der Waals surface area contributed by atoms with Crippen molar-refractivity contribution in [3.05, 3.63) is 83.9 Å². The minimum Gasteiger partial charge on any atom is -0.356 e. The van der Waals surface area contributed by atoms with E-state index in [9.17, 15) is 4.79 Å². The highest BCUT2D eigenvalue weighted by atomic mass is 16.1. The van der Waals surface area contributed by atoms with Crippen LogP contribution in [0.25, 0.3) is 10.8 Å². The van der Waals surface area contributed by atoms with E-state index in [4.69, 9.17) is 0 Å². The average Bonchev–Trinajstić information content (AvgIpc) is 2.65. The van der Waals surface area contributed by atoms with Gasteiger partial charge in [-0.3, -0.25) is 4.79 Å². The van der Waals surface area contributed by atoms with Crippen molar-refractivity contribution in [3.8, 4) is 0 Å². The Hall–Kier alpha value is -2.61. The molecular weight excluding hydrogens is 294 g/mol. The highest BCUT2D eigenvalue weighted by molar-refractivity contribution is 5.87. The Morgan fingerprint density at radius 2 is 1.62 bits per heavy atom. The molecule has 0 aliphatic carbocycles. The molecular formula is C22H23NO. The summed E-state index contributed by atoms with van der Waals surface area (Å²) in [6.45, 7) is 2.68. The molecule has 2 heteroatoms. The minimum absolute atomic E-state index is 0.0957. The van der Waals surface area contributed by atoms with E-state index in [1.807, 2.05) is 25.1 Å². The molecule has 1 atom stereocenters. The molecule has 24 heavy (non-hydrogen) atoms. The molecule has 0 aromatic heterocycles. The monoisotopic (exact) mass is 317 g/mol. The lowest BCUT2D eigenvalue weighted by molar-refractivity contribution is -0.122. The molecule has 3 rings (SSSR count). The number of carbonyl (C=O) groups is 1. The lowest BCUT2D eigenvalue weighted by atomic mass is 9.97. The smallest absolute Gasteiger partial charge is 0.227 e. The van der Waals surface area contributed by atoms with Crippen molar-refractivity contribution in [1.29, 1.82) is 0 Å². The van der Waals surface area contributed by atoms with Crippen LogP contribution in [0.15, 0.2) is 72.8 Å². The summed E-state index contributed by atoms with van der Waals surface area (Å²) in [5.74, 6) is -0.0373. The first-order valence-electron chi connectivity index (χ1n) is 8.54. The summed E-state index contributed by atoms with van der Waals surface area (Å²) in [6, 6.07) is 24.9. The van der Waals surface area contributed by atoms with Gasteiger partial charge in [0.1, 0.15) is 0 Å². The second-order valence-electron chi connectivity index (χ2n) is 6.21. The number of nitrogens with one attached hydrogen (secondary N) is 1. The average molecular weight is 317 g/mol. The SMILES string of the molecule is CC(C(=O)NCCCc1ccccc1)c1ccc2ccccc2c1. The maximum absolute atomic E-state index is 12.4.